The van der Waals surface area contributed by atoms with Crippen molar-refractivity contribution in [1.82, 2.24) is 14.9 Å². The van der Waals surface area contributed by atoms with E-state index in [0.717, 1.165) is 35.4 Å². The van der Waals surface area contributed by atoms with Gasteiger partial charge in [-0.25, -0.2) is 4.98 Å². The van der Waals surface area contributed by atoms with Gasteiger partial charge >= 0.3 is 0 Å². The molecule has 4 nitrogen and oxygen atoms in total. The highest BCUT2D eigenvalue weighted by Gasteiger charge is 2.12. The number of imidazole rings is 1. The van der Waals surface area contributed by atoms with Crippen LogP contribution in [0.3, 0.4) is 0 Å². The number of rotatable bonds is 10. The number of nitrogens with zero attached hydrogens (tertiary/aromatic N) is 2. The topological polar surface area (TPSA) is 46.9 Å². The number of aryl methyl sites for hydroxylation is 3. The van der Waals surface area contributed by atoms with E-state index in [4.69, 9.17) is 4.98 Å². The number of benzene rings is 2. The summed E-state index contributed by atoms with van der Waals surface area (Å²) in [6.45, 7) is 7.85. The van der Waals surface area contributed by atoms with E-state index in [2.05, 4.69) is 35.0 Å². The summed E-state index contributed by atoms with van der Waals surface area (Å²) in [6, 6.07) is 14.3. The van der Waals surface area contributed by atoms with Crippen molar-refractivity contribution in [2.24, 2.45) is 0 Å². The molecule has 0 atom stereocenters. The van der Waals surface area contributed by atoms with Crippen LogP contribution in [0.1, 0.15) is 66.3 Å². The third-order valence-electron chi connectivity index (χ3n) is 5.48. The third-order valence-corrected chi connectivity index (χ3v) is 5.48. The predicted molar refractivity (Wildman–Crippen MR) is 120 cm³/mol. The van der Waals surface area contributed by atoms with Crippen molar-refractivity contribution in [3.05, 3.63) is 65.0 Å². The van der Waals surface area contributed by atoms with Crippen LogP contribution in [0.15, 0.2) is 42.5 Å². The molecule has 2 aromatic carbocycles. The number of hydrogen-bond donors (Lipinski definition) is 1. The highest BCUT2D eigenvalue weighted by molar-refractivity contribution is 5.95. The Morgan fingerprint density at radius 1 is 1.03 bits per heavy atom. The number of unbranched alkanes of at least 4 members (excludes halogenated alkanes) is 4. The first kappa shape index (κ1) is 21.1. The lowest BCUT2D eigenvalue weighted by molar-refractivity contribution is 0.0953. The molecule has 1 amide bonds. The zero-order valence-electron chi connectivity index (χ0n) is 18.0. The van der Waals surface area contributed by atoms with Crippen molar-refractivity contribution in [3.63, 3.8) is 0 Å². The lowest BCUT2D eigenvalue weighted by Crippen LogP contribution is -2.27. The molecule has 154 valence electrons. The Bertz CT molecular complexity index is 958. The molecule has 0 aliphatic carbocycles. The minimum Gasteiger partial charge on any atom is -0.352 e. The predicted octanol–water partition coefficient (Wildman–Crippen LogP) is 5.60. The quantitative estimate of drug-likeness (QED) is 0.458. The Morgan fingerprint density at radius 3 is 2.62 bits per heavy atom. The van der Waals surface area contributed by atoms with Crippen molar-refractivity contribution in [3.8, 4) is 0 Å². The summed E-state index contributed by atoms with van der Waals surface area (Å²) in [6.07, 6.45) is 7.03. The van der Waals surface area contributed by atoms with Crippen molar-refractivity contribution < 1.29 is 4.79 Å². The molecule has 3 rings (SSSR count). The molecular formula is C25H33N3O. The molecule has 0 aliphatic rings. The van der Waals surface area contributed by atoms with Gasteiger partial charge in [0.05, 0.1) is 11.0 Å². The van der Waals surface area contributed by atoms with Crippen molar-refractivity contribution in [2.75, 3.05) is 6.54 Å². The number of carbonyl (C=O) groups is 1. The van der Waals surface area contributed by atoms with Gasteiger partial charge in [-0.2, -0.15) is 0 Å². The van der Waals surface area contributed by atoms with Gasteiger partial charge in [-0.3, -0.25) is 4.79 Å². The Hall–Kier alpha value is -2.62. The van der Waals surface area contributed by atoms with Gasteiger partial charge in [0, 0.05) is 25.1 Å². The van der Waals surface area contributed by atoms with Gasteiger partial charge < -0.3 is 9.88 Å². The first-order valence-corrected chi connectivity index (χ1v) is 10.9. The molecule has 1 aromatic heterocycles. The van der Waals surface area contributed by atoms with Gasteiger partial charge in [-0.1, -0.05) is 62.4 Å². The van der Waals surface area contributed by atoms with E-state index in [9.17, 15) is 4.79 Å². The Labute approximate surface area is 174 Å². The highest BCUT2D eigenvalue weighted by atomic mass is 16.1. The second kappa shape index (κ2) is 10.2. The fourth-order valence-corrected chi connectivity index (χ4v) is 3.89. The van der Waals surface area contributed by atoms with Gasteiger partial charge in [0.15, 0.2) is 0 Å². The van der Waals surface area contributed by atoms with Crippen LogP contribution in [-0.2, 0) is 13.0 Å². The number of carbonyl (C=O) groups excluding carboxylic acids is 1. The maximum atomic E-state index is 12.6. The van der Waals surface area contributed by atoms with Crippen molar-refractivity contribution in [1.29, 1.82) is 0 Å². The highest BCUT2D eigenvalue weighted by Crippen LogP contribution is 2.18. The SMILES string of the molecule is CCCCCCCn1c(CCNC(=O)c2ccc(C)cc2C)nc2ccccc21. The number of nitrogens with one attached hydrogen (secondary N) is 1. The summed E-state index contributed by atoms with van der Waals surface area (Å²) in [5, 5.41) is 3.07. The summed E-state index contributed by atoms with van der Waals surface area (Å²) < 4.78 is 2.34. The molecule has 1 N–H and O–H groups in total. The summed E-state index contributed by atoms with van der Waals surface area (Å²) >= 11 is 0. The lowest BCUT2D eigenvalue weighted by Gasteiger charge is -2.11. The van der Waals surface area contributed by atoms with E-state index >= 15 is 0 Å². The van der Waals surface area contributed by atoms with Gasteiger partial charge in [-0.05, 0) is 44.0 Å². The molecule has 0 unspecified atom stereocenters. The Morgan fingerprint density at radius 2 is 1.83 bits per heavy atom. The normalized spacial score (nSPS) is 11.1. The largest absolute Gasteiger partial charge is 0.352 e. The molecule has 0 spiro atoms. The fraction of sp³-hybridized carbons (Fsp3) is 0.440. The van der Waals surface area contributed by atoms with Crippen molar-refractivity contribution >= 4 is 16.9 Å². The van der Waals surface area contributed by atoms with Crippen LogP contribution in [0.4, 0.5) is 0 Å². The molecule has 0 aliphatic heterocycles. The average Bonchev–Trinajstić information content (AvgIpc) is 3.05. The molecular weight excluding hydrogens is 358 g/mol. The first-order valence-electron chi connectivity index (χ1n) is 10.9. The minimum absolute atomic E-state index is 0.00951. The fourth-order valence-electron chi connectivity index (χ4n) is 3.89. The smallest absolute Gasteiger partial charge is 0.251 e. The Balaban J connectivity index is 1.64. The standard InChI is InChI=1S/C25H33N3O/c1-4-5-6-7-10-17-28-23-12-9-8-11-22(23)27-24(28)15-16-26-25(29)21-14-13-19(2)18-20(21)3/h8-9,11-14,18H,4-7,10,15-17H2,1-3H3,(H,26,29). The van der Waals surface area contributed by atoms with Crippen LogP contribution in [0.5, 0.6) is 0 Å². The maximum absolute atomic E-state index is 12.6. The number of aromatic nitrogens is 2. The summed E-state index contributed by atoms with van der Waals surface area (Å²) in [5.74, 6) is 1.05. The number of fused-ring (bicyclic) bond motifs is 1. The first-order chi connectivity index (χ1) is 14.1. The van der Waals surface area contributed by atoms with Gasteiger partial charge in [0.25, 0.3) is 5.91 Å². The minimum atomic E-state index is -0.00951. The van der Waals surface area contributed by atoms with Crippen LogP contribution in [-0.4, -0.2) is 22.0 Å². The molecule has 0 fully saturated rings. The van der Waals surface area contributed by atoms with Gasteiger partial charge in [0.1, 0.15) is 5.82 Å². The van der Waals surface area contributed by atoms with Crippen LogP contribution >= 0.6 is 0 Å². The average molecular weight is 392 g/mol. The number of para-hydroxylation sites is 2. The second-order valence-corrected chi connectivity index (χ2v) is 7.91. The van der Waals surface area contributed by atoms with E-state index in [1.165, 1.54) is 43.2 Å². The molecule has 0 bridgehead atoms. The van der Waals surface area contributed by atoms with Crippen LogP contribution in [0.25, 0.3) is 11.0 Å². The van der Waals surface area contributed by atoms with E-state index < -0.39 is 0 Å². The Kier molecular flexibility index (Phi) is 7.45. The van der Waals surface area contributed by atoms with Crippen LogP contribution in [0.2, 0.25) is 0 Å². The van der Waals surface area contributed by atoms with E-state index in [-0.39, 0.29) is 5.91 Å². The zero-order valence-corrected chi connectivity index (χ0v) is 18.0. The number of hydrogen-bond acceptors (Lipinski definition) is 2. The second-order valence-electron chi connectivity index (χ2n) is 7.91. The summed E-state index contributed by atoms with van der Waals surface area (Å²) in [7, 11) is 0. The monoisotopic (exact) mass is 391 g/mol. The van der Waals surface area contributed by atoms with Gasteiger partial charge in [0.2, 0.25) is 0 Å². The van der Waals surface area contributed by atoms with E-state index in [1.807, 2.05) is 38.1 Å². The molecule has 4 heteroatoms. The zero-order chi connectivity index (χ0) is 20.6. The lowest BCUT2D eigenvalue weighted by atomic mass is 10.1. The maximum Gasteiger partial charge on any atom is 0.251 e. The molecule has 0 saturated carbocycles. The van der Waals surface area contributed by atoms with Crippen LogP contribution in [0, 0.1) is 13.8 Å². The number of amides is 1. The van der Waals surface area contributed by atoms with Crippen LogP contribution < -0.4 is 5.32 Å². The molecule has 0 radical (unpaired) electrons. The molecule has 0 saturated heterocycles. The van der Waals surface area contributed by atoms with E-state index in [1.54, 1.807) is 0 Å². The summed E-state index contributed by atoms with van der Waals surface area (Å²) in [4.78, 5) is 17.4. The molecule has 3 aromatic rings. The summed E-state index contributed by atoms with van der Waals surface area (Å²) in [5.41, 5.74) is 5.17. The van der Waals surface area contributed by atoms with Crippen molar-refractivity contribution in [2.45, 2.75) is 65.8 Å². The molecule has 1 heterocycles. The molecule has 29 heavy (non-hydrogen) atoms. The third kappa shape index (κ3) is 5.47. The van der Waals surface area contributed by atoms with Gasteiger partial charge in [-0.15, -0.1) is 0 Å². The van der Waals surface area contributed by atoms with E-state index in [0.29, 0.717) is 6.54 Å².